The summed E-state index contributed by atoms with van der Waals surface area (Å²) in [7, 11) is 0. The molecule has 0 saturated carbocycles. The van der Waals surface area contributed by atoms with Crippen LogP contribution < -0.4 is 0 Å². The Kier molecular flexibility index (Phi) is 2.97. The van der Waals surface area contributed by atoms with Crippen LogP contribution in [0.1, 0.15) is 10.4 Å². The molecule has 1 aromatic heterocycles. The topological polar surface area (TPSA) is 30.0 Å². The second-order valence-corrected chi connectivity index (χ2v) is 3.62. The van der Waals surface area contributed by atoms with E-state index in [1.54, 1.807) is 18.2 Å². The average Bonchev–Trinajstić information content (AvgIpc) is 2.29. The van der Waals surface area contributed by atoms with Crippen LogP contribution in [0.4, 0.5) is 4.39 Å². The largest absolute Gasteiger partial charge is 0.298 e. The van der Waals surface area contributed by atoms with Crippen LogP contribution >= 0.6 is 11.6 Å². The van der Waals surface area contributed by atoms with Gasteiger partial charge in [0.05, 0.1) is 5.69 Å². The van der Waals surface area contributed by atoms with Crippen molar-refractivity contribution in [2.45, 2.75) is 0 Å². The Morgan fingerprint density at radius 1 is 1.19 bits per heavy atom. The first kappa shape index (κ1) is 10.8. The van der Waals surface area contributed by atoms with Crippen molar-refractivity contribution in [3.05, 3.63) is 52.9 Å². The fourth-order valence-corrected chi connectivity index (χ4v) is 1.57. The standard InChI is InChI=1S/C12H7ClFNO/c13-12-6-8(7-16)5-11(15-12)9-1-3-10(14)4-2-9/h1-7H. The highest BCUT2D eigenvalue weighted by molar-refractivity contribution is 6.29. The fourth-order valence-electron chi connectivity index (χ4n) is 1.35. The number of hydrogen-bond donors (Lipinski definition) is 0. The molecule has 0 aliphatic heterocycles. The number of carbonyl (C=O) groups excluding carboxylic acids is 1. The highest BCUT2D eigenvalue weighted by atomic mass is 35.5. The molecule has 16 heavy (non-hydrogen) atoms. The molecule has 0 amide bonds. The summed E-state index contributed by atoms with van der Waals surface area (Å²) in [4.78, 5) is 14.7. The number of halogens is 2. The van der Waals surface area contributed by atoms with Crippen LogP contribution in [0.5, 0.6) is 0 Å². The van der Waals surface area contributed by atoms with Crippen molar-refractivity contribution in [2.24, 2.45) is 0 Å². The maximum absolute atomic E-state index is 12.7. The number of aldehydes is 1. The number of hydrogen-bond acceptors (Lipinski definition) is 2. The van der Waals surface area contributed by atoms with Gasteiger partial charge in [-0.2, -0.15) is 0 Å². The van der Waals surface area contributed by atoms with Crippen LogP contribution in [0, 0.1) is 5.82 Å². The Morgan fingerprint density at radius 2 is 1.88 bits per heavy atom. The summed E-state index contributed by atoms with van der Waals surface area (Å²) in [5.41, 5.74) is 1.71. The SMILES string of the molecule is O=Cc1cc(Cl)nc(-c2ccc(F)cc2)c1. The Labute approximate surface area is 96.7 Å². The molecule has 0 aliphatic carbocycles. The minimum absolute atomic E-state index is 0.240. The summed E-state index contributed by atoms with van der Waals surface area (Å²) in [5, 5.41) is 0.240. The number of carbonyl (C=O) groups is 1. The number of pyridine rings is 1. The van der Waals surface area contributed by atoms with E-state index >= 15 is 0 Å². The maximum atomic E-state index is 12.7. The van der Waals surface area contributed by atoms with Gasteiger partial charge in [-0.15, -0.1) is 0 Å². The van der Waals surface area contributed by atoms with E-state index < -0.39 is 0 Å². The third-order valence-electron chi connectivity index (χ3n) is 2.09. The molecule has 1 aromatic carbocycles. The first-order valence-electron chi connectivity index (χ1n) is 4.58. The summed E-state index contributed by atoms with van der Waals surface area (Å²) in [6.07, 6.45) is 0.695. The van der Waals surface area contributed by atoms with Gasteiger partial charge in [0.25, 0.3) is 0 Å². The molecule has 0 saturated heterocycles. The molecule has 1 heterocycles. The highest BCUT2D eigenvalue weighted by Gasteiger charge is 2.03. The summed E-state index contributed by atoms with van der Waals surface area (Å²) in [6.45, 7) is 0. The predicted molar refractivity (Wildman–Crippen MR) is 60.0 cm³/mol. The van der Waals surface area contributed by atoms with E-state index in [0.29, 0.717) is 23.1 Å². The van der Waals surface area contributed by atoms with Crippen molar-refractivity contribution in [1.29, 1.82) is 0 Å². The summed E-state index contributed by atoms with van der Waals surface area (Å²) in [5.74, 6) is -0.318. The van der Waals surface area contributed by atoms with Crippen molar-refractivity contribution in [2.75, 3.05) is 0 Å². The Bertz CT molecular complexity index is 525. The van der Waals surface area contributed by atoms with Gasteiger partial charge >= 0.3 is 0 Å². The van der Waals surface area contributed by atoms with Gasteiger partial charge in [-0.1, -0.05) is 11.6 Å². The van der Waals surface area contributed by atoms with E-state index in [4.69, 9.17) is 11.6 Å². The van der Waals surface area contributed by atoms with Crippen LogP contribution in [0.3, 0.4) is 0 Å². The summed E-state index contributed by atoms with van der Waals surface area (Å²) < 4.78 is 12.7. The van der Waals surface area contributed by atoms with E-state index in [0.717, 1.165) is 0 Å². The normalized spacial score (nSPS) is 10.1. The highest BCUT2D eigenvalue weighted by Crippen LogP contribution is 2.20. The van der Waals surface area contributed by atoms with Crippen LogP contribution in [0.25, 0.3) is 11.3 Å². The van der Waals surface area contributed by atoms with Crippen molar-refractivity contribution in [3.63, 3.8) is 0 Å². The minimum Gasteiger partial charge on any atom is -0.298 e. The zero-order chi connectivity index (χ0) is 11.5. The fraction of sp³-hybridized carbons (Fsp3) is 0. The Hall–Kier alpha value is -1.74. The zero-order valence-corrected chi connectivity index (χ0v) is 8.91. The van der Waals surface area contributed by atoms with Gasteiger partial charge in [-0.05, 0) is 36.4 Å². The maximum Gasteiger partial charge on any atom is 0.150 e. The monoisotopic (exact) mass is 235 g/mol. The van der Waals surface area contributed by atoms with Crippen molar-refractivity contribution >= 4 is 17.9 Å². The van der Waals surface area contributed by atoms with Gasteiger partial charge < -0.3 is 0 Å². The first-order valence-corrected chi connectivity index (χ1v) is 4.95. The lowest BCUT2D eigenvalue weighted by Crippen LogP contribution is -1.88. The summed E-state index contributed by atoms with van der Waals surface area (Å²) in [6, 6.07) is 8.91. The molecule has 0 fully saturated rings. The molecule has 0 unspecified atom stereocenters. The summed E-state index contributed by atoms with van der Waals surface area (Å²) >= 11 is 5.77. The van der Waals surface area contributed by atoms with Crippen molar-refractivity contribution < 1.29 is 9.18 Å². The minimum atomic E-state index is -0.318. The van der Waals surface area contributed by atoms with Crippen LogP contribution in [0.2, 0.25) is 5.15 Å². The lowest BCUT2D eigenvalue weighted by atomic mass is 10.1. The second kappa shape index (κ2) is 4.41. The average molecular weight is 236 g/mol. The molecule has 0 aliphatic rings. The van der Waals surface area contributed by atoms with E-state index in [-0.39, 0.29) is 11.0 Å². The molecule has 0 atom stereocenters. The van der Waals surface area contributed by atoms with Crippen molar-refractivity contribution in [3.8, 4) is 11.3 Å². The number of rotatable bonds is 2. The molecular formula is C12H7ClFNO. The quantitative estimate of drug-likeness (QED) is 0.590. The van der Waals surface area contributed by atoms with Gasteiger partial charge in [0.2, 0.25) is 0 Å². The second-order valence-electron chi connectivity index (χ2n) is 3.23. The van der Waals surface area contributed by atoms with Crippen molar-refractivity contribution in [1.82, 2.24) is 4.98 Å². The predicted octanol–water partition coefficient (Wildman–Crippen LogP) is 3.35. The number of aromatic nitrogens is 1. The number of nitrogens with zero attached hydrogens (tertiary/aromatic N) is 1. The van der Waals surface area contributed by atoms with E-state index in [9.17, 15) is 9.18 Å². The first-order chi connectivity index (χ1) is 7.69. The van der Waals surface area contributed by atoms with Gasteiger partial charge in [0, 0.05) is 11.1 Å². The van der Waals surface area contributed by atoms with E-state index in [2.05, 4.69) is 4.98 Å². The van der Waals surface area contributed by atoms with E-state index in [1.807, 2.05) is 0 Å². The lowest BCUT2D eigenvalue weighted by molar-refractivity contribution is 0.112. The van der Waals surface area contributed by atoms with Gasteiger partial charge in [0.1, 0.15) is 17.3 Å². The molecule has 0 N–H and O–H groups in total. The molecule has 0 spiro atoms. The molecule has 80 valence electrons. The molecule has 0 bridgehead atoms. The van der Waals surface area contributed by atoms with Crippen LogP contribution in [0.15, 0.2) is 36.4 Å². The van der Waals surface area contributed by atoms with Gasteiger partial charge in [-0.3, -0.25) is 4.79 Å². The van der Waals surface area contributed by atoms with Gasteiger partial charge in [0.15, 0.2) is 0 Å². The molecule has 0 radical (unpaired) electrons. The zero-order valence-electron chi connectivity index (χ0n) is 8.15. The molecule has 2 aromatic rings. The molecule has 2 rings (SSSR count). The Balaban J connectivity index is 2.51. The van der Waals surface area contributed by atoms with Gasteiger partial charge in [-0.25, -0.2) is 9.37 Å². The Morgan fingerprint density at radius 3 is 2.50 bits per heavy atom. The van der Waals surface area contributed by atoms with E-state index in [1.165, 1.54) is 18.2 Å². The third-order valence-corrected chi connectivity index (χ3v) is 2.29. The molecular weight excluding hydrogens is 229 g/mol. The lowest BCUT2D eigenvalue weighted by Gasteiger charge is -2.02. The molecule has 4 heteroatoms. The van der Waals surface area contributed by atoms with Crippen LogP contribution in [-0.4, -0.2) is 11.3 Å². The number of benzene rings is 1. The third kappa shape index (κ3) is 2.25. The van der Waals surface area contributed by atoms with Crippen LogP contribution in [-0.2, 0) is 0 Å². The molecule has 2 nitrogen and oxygen atoms in total. The smallest absolute Gasteiger partial charge is 0.150 e.